The predicted octanol–water partition coefficient (Wildman–Crippen LogP) is 1.36. The first-order valence-electron chi connectivity index (χ1n) is 6.48. The van der Waals surface area contributed by atoms with Crippen molar-refractivity contribution < 1.29 is 4.74 Å². The maximum atomic E-state index is 5.05. The average molecular weight is 274 g/mol. The zero-order chi connectivity index (χ0) is 14.2. The standard InChI is InChI=1S/C13H18N6O/c1-3-15-11-17-12(19-13(18-11)20-2)16-8-6-10-5-4-7-14-9-10/h4-5,7,9H,3,6,8H2,1-2H3,(H2,15,16,17,18,19). The third kappa shape index (κ3) is 4.04. The molecule has 2 aromatic rings. The first-order chi connectivity index (χ1) is 9.81. The van der Waals surface area contributed by atoms with E-state index in [4.69, 9.17) is 4.74 Å². The van der Waals surface area contributed by atoms with Gasteiger partial charge in [0.05, 0.1) is 7.11 Å². The molecule has 2 rings (SSSR count). The van der Waals surface area contributed by atoms with Crippen LogP contribution in [-0.4, -0.2) is 40.1 Å². The van der Waals surface area contributed by atoms with Gasteiger partial charge in [-0.3, -0.25) is 4.98 Å². The molecule has 0 aliphatic heterocycles. The Labute approximate surface area is 117 Å². The Hall–Kier alpha value is -2.44. The van der Waals surface area contributed by atoms with Gasteiger partial charge in [-0.25, -0.2) is 0 Å². The van der Waals surface area contributed by atoms with E-state index in [2.05, 4.69) is 30.6 Å². The van der Waals surface area contributed by atoms with Crippen LogP contribution in [0.1, 0.15) is 12.5 Å². The van der Waals surface area contributed by atoms with E-state index in [0.717, 1.165) is 18.5 Å². The van der Waals surface area contributed by atoms with Crippen molar-refractivity contribution in [1.29, 1.82) is 0 Å². The number of ether oxygens (including phenoxy) is 1. The summed E-state index contributed by atoms with van der Waals surface area (Å²) in [5.41, 5.74) is 1.16. The van der Waals surface area contributed by atoms with Crippen LogP contribution in [0.4, 0.5) is 11.9 Å². The number of aromatic nitrogens is 4. The van der Waals surface area contributed by atoms with Crippen LogP contribution in [0.2, 0.25) is 0 Å². The van der Waals surface area contributed by atoms with Gasteiger partial charge in [0.25, 0.3) is 0 Å². The SMILES string of the molecule is CCNc1nc(NCCc2cccnc2)nc(OC)n1. The molecule has 0 aromatic carbocycles. The quantitative estimate of drug-likeness (QED) is 0.788. The molecule has 0 unspecified atom stereocenters. The molecule has 0 atom stereocenters. The summed E-state index contributed by atoms with van der Waals surface area (Å²) in [6, 6.07) is 4.25. The predicted molar refractivity (Wildman–Crippen MR) is 77.0 cm³/mol. The van der Waals surface area contributed by atoms with E-state index >= 15 is 0 Å². The van der Waals surface area contributed by atoms with Crippen molar-refractivity contribution in [2.45, 2.75) is 13.3 Å². The van der Waals surface area contributed by atoms with Crippen molar-refractivity contribution in [3.05, 3.63) is 30.1 Å². The molecular weight excluding hydrogens is 256 g/mol. The molecule has 0 spiro atoms. The summed E-state index contributed by atoms with van der Waals surface area (Å²) in [6.45, 7) is 3.43. The van der Waals surface area contributed by atoms with Crippen LogP contribution in [0.25, 0.3) is 0 Å². The zero-order valence-corrected chi connectivity index (χ0v) is 11.6. The minimum Gasteiger partial charge on any atom is -0.467 e. The van der Waals surface area contributed by atoms with E-state index in [1.165, 1.54) is 7.11 Å². The minimum atomic E-state index is 0.292. The van der Waals surface area contributed by atoms with E-state index < -0.39 is 0 Å². The van der Waals surface area contributed by atoms with Crippen molar-refractivity contribution in [2.75, 3.05) is 30.8 Å². The molecule has 7 heteroatoms. The molecule has 0 saturated carbocycles. The van der Waals surface area contributed by atoms with Crippen molar-refractivity contribution in [2.24, 2.45) is 0 Å². The minimum absolute atomic E-state index is 0.292. The maximum Gasteiger partial charge on any atom is 0.322 e. The van der Waals surface area contributed by atoms with Crippen LogP contribution in [0.15, 0.2) is 24.5 Å². The fraction of sp³-hybridized carbons (Fsp3) is 0.385. The lowest BCUT2D eigenvalue weighted by Crippen LogP contribution is -2.12. The summed E-state index contributed by atoms with van der Waals surface area (Å²) >= 11 is 0. The van der Waals surface area contributed by atoms with Crippen LogP contribution >= 0.6 is 0 Å². The summed E-state index contributed by atoms with van der Waals surface area (Å²) in [7, 11) is 1.53. The highest BCUT2D eigenvalue weighted by molar-refractivity contribution is 5.35. The molecule has 0 aliphatic carbocycles. The van der Waals surface area contributed by atoms with Crippen LogP contribution < -0.4 is 15.4 Å². The third-order valence-electron chi connectivity index (χ3n) is 2.55. The van der Waals surface area contributed by atoms with E-state index in [1.54, 1.807) is 6.20 Å². The lowest BCUT2D eigenvalue weighted by atomic mass is 10.2. The molecule has 7 nitrogen and oxygen atoms in total. The summed E-state index contributed by atoms with van der Waals surface area (Å²) < 4.78 is 5.05. The van der Waals surface area contributed by atoms with E-state index in [1.807, 2.05) is 25.3 Å². The van der Waals surface area contributed by atoms with Gasteiger partial charge in [0.2, 0.25) is 11.9 Å². The molecule has 2 aromatic heterocycles. The Morgan fingerprint density at radius 2 is 1.95 bits per heavy atom. The van der Waals surface area contributed by atoms with Gasteiger partial charge in [0.1, 0.15) is 0 Å². The summed E-state index contributed by atoms with van der Waals surface area (Å²) in [4.78, 5) is 16.6. The second-order valence-corrected chi connectivity index (χ2v) is 4.04. The number of rotatable bonds is 7. The molecule has 2 N–H and O–H groups in total. The molecule has 2 heterocycles. The largest absolute Gasteiger partial charge is 0.467 e. The average Bonchev–Trinajstić information content (AvgIpc) is 2.48. The third-order valence-corrected chi connectivity index (χ3v) is 2.55. The Morgan fingerprint density at radius 3 is 2.60 bits per heavy atom. The Balaban J connectivity index is 1.96. The lowest BCUT2D eigenvalue weighted by Gasteiger charge is -2.08. The monoisotopic (exact) mass is 274 g/mol. The van der Waals surface area contributed by atoms with E-state index in [0.29, 0.717) is 24.5 Å². The van der Waals surface area contributed by atoms with Crippen molar-refractivity contribution in [3.63, 3.8) is 0 Å². The lowest BCUT2D eigenvalue weighted by molar-refractivity contribution is 0.379. The molecule has 0 fully saturated rings. The van der Waals surface area contributed by atoms with E-state index in [-0.39, 0.29) is 0 Å². The maximum absolute atomic E-state index is 5.05. The fourth-order valence-corrected chi connectivity index (χ4v) is 1.63. The summed E-state index contributed by atoms with van der Waals surface area (Å²) in [5.74, 6) is 1.000. The normalized spacial score (nSPS) is 10.1. The molecule has 0 amide bonds. The molecule has 20 heavy (non-hydrogen) atoms. The van der Waals surface area contributed by atoms with Gasteiger partial charge in [0.15, 0.2) is 0 Å². The van der Waals surface area contributed by atoms with Crippen LogP contribution in [0.3, 0.4) is 0 Å². The Kier molecular flexibility index (Phi) is 5.05. The second-order valence-electron chi connectivity index (χ2n) is 4.04. The number of nitrogens with one attached hydrogen (secondary N) is 2. The number of nitrogens with zero attached hydrogens (tertiary/aromatic N) is 4. The first-order valence-corrected chi connectivity index (χ1v) is 6.48. The molecule has 0 aliphatic rings. The number of pyridine rings is 1. The Morgan fingerprint density at radius 1 is 1.15 bits per heavy atom. The van der Waals surface area contributed by atoms with Crippen molar-refractivity contribution in [3.8, 4) is 6.01 Å². The molecule has 106 valence electrons. The Bertz CT molecular complexity index is 534. The van der Waals surface area contributed by atoms with Crippen LogP contribution in [-0.2, 0) is 6.42 Å². The molecule has 0 bridgehead atoms. The zero-order valence-electron chi connectivity index (χ0n) is 11.6. The van der Waals surface area contributed by atoms with Crippen LogP contribution in [0, 0.1) is 0 Å². The molecule has 0 saturated heterocycles. The van der Waals surface area contributed by atoms with E-state index in [9.17, 15) is 0 Å². The van der Waals surface area contributed by atoms with Gasteiger partial charge in [-0.05, 0) is 25.0 Å². The van der Waals surface area contributed by atoms with Gasteiger partial charge >= 0.3 is 6.01 Å². The first kappa shape index (κ1) is 14.0. The number of methoxy groups -OCH3 is 1. The van der Waals surface area contributed by atoms with Crippen molar-refractivity contribution in [1.82, 2.24) is 19.9 Å². The number of hydrogen-bond acceptors (Lipinski definition) is 7. The highest BCUT2D eigenvalue weighted by Crippen LogP contribution is 2.10. The molecular formula is C13H18N6O. The topological polar surface area (TPSA) is 84.9 Å². The highest BCUT2D eigenvalue weighted by atomic mass is 16.5. The van der Waals surface area contributed by atoms with Crippen LogP contribution in [0.5, 0.6) is 6.01 Å². The smallest absolute Gasteiger partial charge is 0.322 e. The number of hydrogen-bond donors (Lipinski definition) is 2. The molecule has 0 radical (unpaired) electrons. The van der Waals surface area contributed by atoms with Gasteiger partial charge in [-0.15, -0.1) is 0 Å². The van der Waals surface area contributed by atoms with Gasteiger partial charge in [0, 0.05) is 25.5 Å². The van der Waals surface area contributed by atoms with Crippen molar-refractivity contribution >= 4 is 11.9 Å². The second kappa shape index (κ2) is 7.22. The summed E-state index contributed by atoms with van der Waals surface area (Å²) in [6.07, 6.45) is 4.45. The highest BCUT2D eigenvalue weighted by Gasteiger charge is 2.05. The number of anilines is 2. The van der Waals surface area contributed by atoms with Gasteiger partial charge in [-0.1, -0.05) is 6.07 Å². The van der Waals surface area contributed by atoms with Gasteiger partial charge < -0.3 is 15.4 Å². The fourth-order valence-electron chi connectivity index (χ4n) is 1.63. The van der Waals surface area contributed by atoms with Gasteiger partial charge in [-0.2, -0.15) is 15.0 Å². The summed E-state index contributed by atoms with van der Waals surface area (Å²) in [5, 5.41) is 6.20.